The SMILES string of the molecule is CC(C)(C)CN1CCCC1=O.CC(C)(C)CN1CCCOC1=O.CC(C)(C)CN1CCOC1=O.CC(C)(C)CN1CCOCC1.CC(C)(C)CN1CCOCC1=O.CC(C)(C)CN1CCS(=O)(=O)CC1. The number of nitrogens with zero attached hydrogens (tertiary/aromatic N) is 6. The Morgan fingerprint density at radius 1 is 0.386 bits per heavy atom. The van der Waals surface area contributed by atoms with Gasteiger partial charge < -0.3 is 43.4 Å². The van der Waals surface area contributed by atoms with E-state index in [1.54, 1.807) is 9.80 Å². The number of ether oxygens (including phenoxy) is 4. The standard InChI is InChI=1S/C9H19NO2S.2C9H17NO2.C9H19NO.C9H17NO.C8H15NO2/c1-9(2,3)8-10-4-6-13(11,12)7-5-10;1-9(2,3)7-10-4-5-12-6-8(10)11;1-9(2,3)7-10-5-4-6-12-8(10)11;1-9(2,3)8-10-4-6-11-7-5-10;1-9(2,3)7-10-6-4-5-8(10)11;1-8(2,3)6-9-4-5-11-7(9)10/h4-8H2,1-3H3;2*4-7H2,1-3H3;4-8H2,1-3H3;4-7H2,1-3H3;4-6H2,1-3H3. The summed E-state index contributed by atoms with van der Waals surface area (Å²) in [4.78, 5) is 56.7. The molecule has 6 rings (SSSR count). The first-order valence-corrected chi connectivity index (χ1v) is 27.8. The lowest BCUT2D eigenvalue weighted by molar-refractivity contribution is -0.144. The molecule has 0 aromatic heterocycles. The summed E-state index contributed by atoms with van der Waals surface area (Å²) >= 11 is 0. The smallest absolute Gasteiger partial charge is 0.409 e. The third-order valence-corrected chi connectivity index (χ3v) is 12.4. The molecule has 0 saturated carbocycles. The quantitative estimate of drug-likeness (QED) is 0.253. The van der Waals surface area contributed by atoms with Crippen LogP contribution in [-0.2, 0) is 38.4 Å². The second-order valence-corrected chi connectivity index (χ2v) is 29.2. The number of cyclic esters (lactones) is 2. The average molecular weight is 1020 g/mol. The minimum absolute atomic E-state index is 0.121. The van der Waals surface area contributed by atoms with Crippen molar-refractivity contribution < 1.29 is 46.5 Å². The number of likely N-dealkylation sites (tertiary alicyclic amines) is 1. The van der Waals surface area contributed by atoms with Gasteiger partial charge >= 0.3 is 12.2 Å². The summed E-state index contributed by atoms with van der Waals surface area (Å²) < 4.78 is 42.3. The zero-order valence-corrected chi connectivity index (χ0v) is 48.7. The van der Waals surface area contributed by atoms with Crippen LogP contribution in [0, 0.1) is 32.5 Å². The van der Waals surface area contributed by atoms with Gasteiger partial charge in [0, 0.05) is 91.5 Å². The Bertz CT molecular complexity index is 1570. The first-order chi connectivity index (χ1) is 31.8. The molecule has 6 aliphatic rings. The molecule has 6 fully saturated rings. The highest BCUT2D eigenvalue weighted by Crippen LogP contribution is 2.22. The van der Waals surface area contributed by atoms with Crippen LogP contribution in [0.3, 0.4) is 0 Å². The van der Waals surface area contributed by atoms with E-state index in [-0.39, 0.29) is 51.8 Å². The molecule has 0 unspecified atom stereocenters. The molecule has 0 aromatic rings. The second kappa shape index (κ2) is 29.2. The van der Waals surface area contributed by atoms with Gasteiger partial charge in [0.15, 0.2) is 9.84 Å². The molecule has 0 aromatic carbocycles. The van der Waals surface area contributed by atoms with Gasteiger partial charge in [-0.1, -0.05) is 125 Å². The summed E-state index contributed by atoms with van der Waals surface area (Å²) in [6, 6.07) is 0. The van der Waals surface area contributed by atoms with Crippen LogP contribution in [0.5, 0.6) is 0 Å². The first kappa shape index (κ1) is 65.3. The van der Waals surface area contributed by atoms with Crippen molar-refractivity contribution in [3.63, 3.8) is 0 Å². The Balaban J connectivity index is 0.000000420. The number of sulfone groups is 1. The van der Waals surface area contributed by atoms with E-state index in [1.807, 2.05) is 9.80 Å². The predicted octanol–water partition coefficient (Wildman–Crippen LogP) is 8.03. The van der Waals surface area contributed by atoms with Crippen molar-refractivity contribution >= 4 is 33.8 Å². The third-order valence-electron chi connectivity index (χ3n) is 10.8. The zero-order valence-electron chi connectivity index (χ0n) is 47.9. The second-order valence-electron chi connectivity index (χ2n) is 26.9. The molecular weight excluding hydrogens is 913 g/mol. The fourth-order valence-electron chi connectivity index (χ4n) is 8.20. The van der Waals surface area contributed by atoms with E-state index in [2.05, 4.69) is 134 Å². The Hall–Kier alpha value is -2.73. The summed E-state index contributed by atoms with van der Waals surface area (Å²) in [5, 5.41) is 0. The van der Waals surface area contributed by atoms with Gasteiger partial charge in [-0.15, -0.1) is 0 Å². The van der Waals surface area contributed by atoms with Crippen molar-refractivity contribution in [2.75, 3.05) is 143 Å². The maximum atomic E-state index is 11.3. The first-order valence-electron chi connectivity index (χ1n) is 26.0. The van der Waals surface area contributed by atoms with Crippen molar-refractivity contribution in [3.8, 4) is 0 Å². The van der Waals surface area contributed by atoms with Crippen molar-refractivity contribution in [3.05, 3.63) is 0 Å². The molecule has 16 nitrogen and oxygen atoms in total. The van der Waals surface area contributed by atoms with Gasteiger partial charge in [-0.25, -0.2) is 18.0 Å². The molecule has 0 spiro atoms. The van der Waals surface area contributed by atoms with Crippen LogP contribution in [-0.4, -0.2) is 205 Å². The van der Waals surface area contributed by atoms with Crippen LogP contribution in [0.25, 0.3) is 0 Å². The molecule has 6 heterocycles. The molecule has 0 atom stereocenters. The molecule has 17 heteroatoms. The average Bonchev–Trinajstić information content (AvgIpc) is 3.78. The minimum atomic E-state index is -2.71. The van der Waals surface area contributed by atoms with E-state index in [9.17, 15) is 27.6 Å². The number of morpholine rings is 2. The monoisotopic (exact) mass is 1020 g/mol. The van der Waals surface area contributed by atoms with Gasteiger partial charge in [-0.05, 0) is 45.3 Å². The number of carbonyl (C=O) groups excluding carboxylic acids is 4. The summed E-state index contributed by atoms with van der Waals surface area (Å²) in [5.41, 5.74) is 1.46. The number of carbonyl (C=O) groups is 4. The van der Waals surface area contributed by atoms with Crippen molar-refractivity contribution in [1.29, 1.82) is 0 Å². The normalized spacial score (nSPS) is 20.8. The predicted molar refractivity (Wildman–Crippen MR) is 283 cm³/mol. The Labute approximate surface area is 427 Å². The largest absolute Gasteiger partial charge is 0.449 e. The Kier molecular flexibility index (Phi) is 27.3. The maximum Gasteiger partial charge on any atom is 0.409 e. The fraction of sp³-hybridized carbons (Fsp3) is 0.925. The van der Waals surface area contributed by atoms with Crippen molar-refractivity contribution in [2.45, 2.75) is 144 Å². The van der Waals surface area contributed by atoms with E-state index in [0.717, 1.165) is 104 Å². The van der Waals surface area contributed by atoms with Crippen molar-refractivity contribution in [1.82, 2.24) is 29.4 Å². The molecule has 6 aliphatic heterocycles. The summed E-state index contributed by atoms with van der Waals surface area (Å²) in [6.07, 6.45) is 2.45. The van der Waals surface area contributed by atoms with E-state index in [0.29, 0.717) is 55.7 Å². The Morgan fingerprint density at radius 2 is 0.743 bits per heavy atom. The van der Waals surface area contributed by atoms with E-state index < -0.39 is 9.84 Å². The molecule has 6 saturated heterocycles. The highest BCUT2D eigenvalue weighted by atomic mass is 32.2. The van der Waals surface area contributed by atoms with Crippen molar-refractivity contribution in [2.24, 2.45) is 32.5 Å². The summed E-state index contributed by atoms with van der Waals surface area (Å²) in [6.45, 7) is 55.3. The highest BCUT2D eigenvalue weighted by Gasteiger charge is 2.29. The molecule has 0 aliphatic carbocycles. The molecular formula is C53H104N6O10S. The fourth-order valence-corrected chi connectivity index (χ4v) is 9.48. The van der Waals surface area contributed by atoms with Crippen LogP contribution >= 0.6 is 0 Å². The molecule has 0 N–H and O–H groups in total. The van der Waals surface area contributed by atoms with Crippen LogP contribution in [0.2, 0.25) is 0 Å². The van der Waals surface area contributed by atoms with E-state index in [4.69, 9.17) is 18.9 Å². The van der Waals surface area contributed by atoms with Crippen LogP contribution in [0.4, 0.5) is 9.59 Å². The highest BCUT2D eigenvalue weighted by molar-refractivity contribution is 7.91. The lowest BCUT2D eigenvalue weighted by atomic mass is 9.96. The molecule has 70 heavy (non-hydrogen) atoms. The summed E-state index contributed by atoms with van der Waals surface area (Å²) in [5.74, 6) is 1.13. The maximum absolute atomic E-state index is 11.3. The number of rotatable bonds is 6. The van der Waals surface area contributed by atoms with Gasteiger partial charge in [0.2, 0.25) is 11.8 Å². The lowest BCUT2D eigenvalue weighted by Crippen LogP contribution is -2.45. The van der Waals surface area contributed by atoms with Crippen LogP contribution in [0.15, 0.2) is 0 Å². The third kappa shape index (κ3) is 33.8. The van der Waals surface area contributed by atoms with Gasteiger partial charge in [-0.3, -0.25) is 14.5 Å². The van der Waals surface area contributed by atoms with Crippen LogP contribution in [0.1, 0.15) is 144 Å². The molecule has 0 bridgehead atoms. The summed E-state index contributed by atoms with van der Waals surface area (Å²) in [7, 11) is -2.71. The molecule has 4 amide bonds. The van der Waals surface area contributed by atoms with E-state index >= 15 is 0 Å². The van der Waals surface area contributed by atoms with Gasteiger partial charge in [-0.2, -0.15) is 0 Å². The number of hydrogen-bond donors (Lipinski definition) is 0. The van der Waals surface area contributed by atoms with Gasteiger partial charge in [0.05, 0.1) is 44.5 Å². The zero-order chi connectivity index (χ0) is 53.8. The van der Waals surface area contributed by atoms with Gasteiger partial charge in [0.1, 0.15) is 13.2 Å². The number of amides is 4. The van der Waals surface area contributed by atoms with Gasteiger partial charge in [0.25, 0.3) is 0 Å². The molecule has 0 radical (unpaired) electrons. The Morgan fingerprint density at radius 3 is 1.11 bits per heavy atom. The number of hydrogen-bond acceptors (Lipinski definition) is 12. The topological polar surface area (TPSA) is 159 Å². The molecule has 412 valence electrons. The lowest BCUT2D eigenvalue weighted by Gasteiger charge is -2.32. The van der Waals surface area contributed by atoms with E-state index in [1.165, 1.54) is 6.54 Å². The minimum Gasteiger partial charge on any atom is -0.449 e. The van der Waals surface area contributed by atoms with Crippen LogP contribution < -0.4 is 0 Å².